The van der Waals surface area contributed by atoms with Crippen LogP contribution in [0.5, 0.6) is 0 Å². The highest BCUT2D eigenvalue weighted by molar-refractivity contribution is 9.10. The van der Waals surface area contributed by atoms with Crippen molar-refractivity contribution in [2.45, 2.75) is 15.6 Å². The largest absolute Gasteiger partial charge is 0.469 e. The lowest BCUT2D eigenvalue weighted by atomic mass is 9.89. The summed E-state index contributed by atoms with van der Waals surface area (Å²) in [4.78, 5) is 24.4. The average molecular weight is 368 g/mol. The summed E-state index contributed by atoms with van der Waals surface area (Å²) in [7, 11) is 2.72. The maximum absolute atomic E-state index is 12.1. The molecule has 4 saturated carbocycles. The van der Waals surface area contributed by atoms with Crippen molar-refractivity contribution < 1.29 is 19.1 Å². The normalized spacial score (nSPS) is 53.4. The quantitative estimate of drug-likeness (QED) is 0.548. The molecule has 4 fully saturated rings. The summed E-state index contributed by atoms with van der Waals surface area (Å²) in [6.07, 6.45) is 0.871. The number of esters is 2. The van der Waals surface area contributed by atoms with E-state index in [4.69, 9.17) is 9.47 Å². The molecule has 4 aliphatic rings. The first-order chi connectivity index (χ1) is 7.97. The fourth-order valence-corrected chi connectivity index (χ4v) is 7.33. The Labute approximate surface area is 116 Å². The zero-order valence-electron chi connectivity index (χ0n) is 9.41. The van der Waals surface area contributed by atoms with Crippen LogP contribution in [0, 0.1) is 23.2 Å². The molecule has 4 nitrogen and oxygen atoms in total. The second-order valence-corrected chi connectivity index (χ2v) is 7.29. The topological polar surface area (TPSA) is 52.6 Å². The standard InChI is InChI=1S/C11H12Br2O4/c1-16-8(14)10-4-3-5(7(12)6(4)10)11(10,13)9(15)17-2/h4-7H,3H2,1-2H3/t4-,5+,6-,7-,10+,11+/m1/s1. The molecular formula is C11H12Br2O4. The third kappa shape index (κ3) is 0.949. The average Bonchev–Trinajstić information content (AvgIpc) is 2.69. The van der Waals surface area contributed by atoms with Crippen molar-refractivity contribution >= 4 is 43.8 Å². The predicted molar refractivity (Wildman–Crippen MR) is 65.9 cm³/mol. The van der Waals surface area contributed by atoms with Gasteiger partial charge in [-0.25, -0.2) is 0 Å². The maximum atomic E-state index is 12.1. The highest BCUT2D eigenvalue weighted by atomic mass is 79.9. The molecule has 6 atom stereocenters. The Bertz CT molecular complexity index is 410. The van der Waals surface area contributed by atoms with E-state index in [9.17, 15) is 9.59 Å². The highest BCUT2D eigenvalue weighted by Crippen LogP contribution is 2.86. The molecule has 4 rings (SSSR count). The van der Waals surface area contributed by atoms with Gasteiger partial charge in [-0.3, -0.25) is 9.59 Å². The van der Waals surface area contributed by atoms with Gasteiger partial charge in [0.2, 0.25) is 0 Å². The fraction of sp³-hybridized carbons (Fsp3) is 0.818. The minimum atomic E-state index is -0.911. The van der Waals surface area contributed by atoms with Crippen LogP contribution in [0.4, 0.5) is 0 Å². The van der Waals surface area contributed by atoms with Gasteiger partial charge in [-0.15, -0.1) is 0 Å². The minimum Gasteiger partial charge on any atom is -0.469 e. The summed E-state index contributed by atoms with van der Waals surface area (Å²) in [5.41, 5.74) is -0.715. The molecule has 0 heterocycles. The molecule has 4 bridgehead atoms. The van der Waals surface area contributed by atoms with Crippen LogP contribution in [0.2, 0.25) is 0 Å². The van der Waals surface area contributed by atoms with E-state index in [0.717, 1.165) is 6.42 Å². The van der Waals surface area contributed by atoms with Gasteiger partial charge in [0.25, 0.3) is 0 Å². The summed E-state index contributed by atoms with van der Waals surface area (Å²) in [5.74, 6) is -0.121. The Morgan fingerprint density at radius 3 is 2.18 bits per heavy atom. The van der Waals surface area contributed by atoms with E-state index in [1.807, 2.05) is 0 Å². The molecule has 0 spiro atoms. The van der Waals surface area contributed by atoms with Crippen molar-refractivity contribution in [3.05, 3.63) is 0 Å². The number of halogens is 2. The van der Waals surface area contributed by atoms with Crippen LogP contribution >= 0.6 is 31.9 Å². The van der Waals surface area contributed by atoms with Crippen molar-refractivity contribution in [2.75, 3.05) is 14.2 Å². The first-order valence-electron chi connectivity index (χ1n) is 5.47. The summed E-state index contributed by atoms with van der Waals surface area (Å²) in [5, 5.41) is 0. The number of rotatable bonds is 2. The zero-order valence-corrected chi connectivity index (χ0v) is 12.6. The van der Waals surface area contributed by atoms with Crippen molar-refractivity contribution in [1.82, 2.24) is 0 Å². The number of methoxy groups -OCH3 is 2. The molecular weight excluding hydrogens is 356 g/mol. The van der Waals surface area contributed by atoms with Crippen LogP contribution in [0.25, 0.3) is 0 Å². The van der Waals surface area contributed by atoms with Crippen LogP contribution in [0.15, 0.2) is 0 Å². The minimum absolute atomic E-state index is 0.101. The molecule has 6 heteroatoms. The predicted octanol–water partition coefficient (Wildman–Crippen LogP) is 1.50. The Kier molecular flexibility index (Phi) is 2.29. The zero-order chi connectivity index (χ0) is 12.6. The van der Waals surface area contributed by atoms with Crippen LogP contribution in [-0.4, -0.2) is 35.3 Å². The van der Waals surface area contributed by atoms with Crippen LogP contribution in [0.3, 0.4) is 0 Å². The van der Waals surface area contributed by atoms with Gasteiger partial charge in [0.15, 0.2) is 0 Å². The van der Waals surface area contributed by atoms with E-state index in [0.29, 0.717) is 0 Å². The summed E-state index contributed by atoms with van der Waals surface area (Å²) in [6, 6.07) is 0. The van der Waals surface area contributed by atoms with Crippen molar-refractivity contribution in [2.24, 2.45) is 23.2 Å². The Hall–Kier alpha value is -0.100. The smallest absolute Gasteiger partial charge is 0.324 e. The van der Waals surface area contributed by atoms with Gasteiger partial charge < -0.3 is 9.47 Å². The molecule has 4 aliphatic carbocycles. The number of carbonyl (C=O) groups excluding carboxylic acids is 2. The molecule has 0 aromatic rings. The molecule has 0 aliphatic heterocycles. The van der Waals surface area contributed by atoms with Gasteiger partial charge in [0.1, 0.15) is 9.74 Å². The monoisotopic (exact) mass is 366 g/mol. The maximum Gasteiger partial charge on any atom is 0.324 e. The molecule has 0 aromatic heterocycles. The summed E-state index contributed by atoms with van der Waals surface area (Å²) < 4.78 is 8.89. The summed E-state index contributed by atoms with van der Waals surface area (Å²) in [6.45, 7) is 0. The Morgan fingerprint density at radius 2 is 1.76 bits per heavy atom. The van der Waals surface area contributed by atoms with Gasteiger partial charge in [-0.1, -0.05) is 31.9 Å². The van der Waals surface area contributed by atoms with Crippen LogP contribution in [-0.2, 0) is 19.1 Å². The van der Waals surface area contributed by atoms with Gasteiger partial charge >= 0.3 is 11.9 Å². The molecule has 17 heavy (non-hydrogen) atoms. The SMILES string of the molecule is COC(=O)[C@@]12[C@H]3[C@H](Br)[C@H](C[C@H]31)[C@]2(Br)C(=O)OC. The summed E-state index contributed by atoms with van der Waals surface area (Å²) >= 11 is 7.13. The van der Waals surface area contributed by atoms with E-state index < -0.39 is 9.74 Å². The van der Waals surface area contributed by atoms with Crippen LogP contribution < -0.4 is 0 Å². The molecule has 0 N–H and O–H groups in total. The fourth-order valence-electron chi connectivity index (χ4n) is 4.22. The van der Waals surface area contributed by atoms with E-state index in [2.05, 4.69) is 31.9 Å². The lowest BCUT2D eigenvalue weighted by Gasteiger charge is -2.29. The van der Waals surface area contributed by atoms with Crippen molar-refractivity contribution in [3.8, 4) is 0 Å². The Balaban J connectivity index is 2.11. The lowest BCUT2D eigenvalue weighted by molar-refractivity contribution is -0.156. The lowest BCUT2D eigenvalue weighted by Crippen LogP contribution is -2.47. The number of carbonyl (C=O) groups is 2. The first kappa shape index (κ1) is 12.0. The van der Waals surface area contributed by atoms with E-state index in [1.165, 1.54) is 14.2 Å². The molecule has 0 aromatic carbocycles. The molecule has 0 radical (unpaired) electrons. The highest BCUT2D eigenvalue weighted by Gasteiger charge is 2.94. The third-order valence-corrected chi connectivity index (χ3v) is 7.56. The number of hydrogen-bond acceptors (Lipinski definition) is 4. The molecule has 94 valence electrons. The molecule has 0 unspecified atom stereocenters. The molecule has 0 amide bonds. The van der Waals surface area contributed by atoms with Crippen molar-refractivity contribution in [3.63, 3.8) is 0 Å². The number of alkyl halides is 2. The first-order valence-corrected chi connectivity index (χ1v) is 7.18. The number of hydrogen-bond donors (Lipinski definition) is 0. The van der Waals surface area contributed by atoms with E-state index >= 15 is 0 Å². The van der Waals surface area contributed by atoms with Gasteiger partial charge in [0.05, 0.1) is 14.2 Å². The van der Waals surface area contributed by atoms with Gasteiger partial charge in [-0.05, 0) is 24.2 Å². The number of ether oxygens (including phenoxy) is 2. The third-order valence-electron chi connectivity index (χ3n) is 4.79. The second kappa shape index (κ2) is 3.26. The molecule has 0 saturated heterocycles. The van der Waals surface area contributed by atoms with Gasteiger partial charge in [0, 0.05) is 4.83 Å². The van der Waals surface area contributed by atoms with E-state index in [-0.39, 0.29) is 34.5 Å². The Morgan fingerprint density at radius 1 is 1.18 bits per heavy atom. The van der Waals surface area contributed by atoms with Crippen LogP contribution in [0.1, 0.15) is 6.42 Å². The second-order valence-electron chi connectivity index (χ2n) is 4.98. The van der Waals surface area contributed by atoms with Crippen molar-refractivity contribution in [1.29, 1.82) is 0 Å². The van der Waals surface area contributed by atoms with E-state index in [1.54, 1.807) is 0 Å². The van der Waals surface area contributed by atoms with Gasteiger partial charge in [-0.2, -0.15) is 0 Å².